The number of rotatable bonds is 2. The van der Waals surface area contributed by atoms with E-state index < -0.39 is 8.80 Å². The quantitative estimate of drug-likeness (QED) is 0.549. The number of hydrogen-bond donors (Lipinski definition) is 0. The third-order valence-electron chi connectivity index (χ3n) is 3.79. The highest BCUT2D eigenvalue weighted by atomic mass is 28.3. The second-order valence-corrected chi connectivity index (χ2v) is 7.64. The van der Waals surface area contributed by atoms with Crippen molar-refractivity contribution in [3.63, 3.8) is 0 Å². The monoisotopic (exact) mass is 249 g/mol. The number of benzene rings is 2. The summed E-state index contributed by atoms with van der Waals surface area (Å²) in [5, 5.41) is 0. The molecule has 2 aromatic carbocycles. The Labute approximate surface area is 111 Å². The summed E-state index contributed by atoms with van der Waals surface area (Å²) >= 11 is 0. The van der Waals surface area contributed by atoms with Gasteiger partial charge < -0.3 is 0 Å². The van der Waals surface area contributed by atoms with Gasteiger partial charge >= 0.3 is 0 Å². The van der Waals surface area contributed by atoms with Gasteiger partial charge in [-0.2, -0.15) is 0 Å². The minimum Gasteiger partial charge on any atom is -0.0837 e. The third-order valence-corrected chi connectivity index (χ3v) is 6.81. The molecule has 0 aromatic heterocycles. The predicted octanol–water partition coefficient (Wildman–Crippen LogP) is 4.33. The SMILES string of the molecule is C[Si]1[C@H](c2ccccc2)C=C[C@H]1c1ccccc1. The molecule has 0 N–H and O–H groups in total. The molecule has 1 heteroatoms. The smallest absolute Gasteiger partial charge is 0.0710 e. The first-order valence-electron chi connectivity index (χ1n) is 6.48. The largest absolute Gasteiger partial charge is 0.0837 e. The maximum atomic E-state index is 2.46. The molecule has 0 saturated carbocycles. The first-order valence-corrected chi connectivity index (χ1v) is 8.63. The van der Waals surface area contributed by atoms with Crippen LogP contribution >= 0.6 is 0 Å². The molecule has 89 valence electrons. The number of allylic oxidation sites excluding steroid dienone is 2. The van der Waals surface area contributed by atoms with Gasteiger partial charge in [-0.05, 0) is 22.2 Å². The first-order chi connectivity index (χ1) is 8.86. The zero-order valence-electron chi connectivity index (χ0n) is 10.6. The van der Waals surface area contributed by atoms with Gasteiger partial charge in [0.1, 0.15) is 0 Å². The van der Waals surface area contributed by atoms with Crippen LogP contribution in [0.25, 0.3) is 0 Å². The Morgan fingerprint density at radius 1 is 0.667 bits per heavy atom. The van der Waals surface area contributed by atoms with Crippen molar-refractivity contribution in [1.82, 2.24) is 0 Å². The van der Waals surface area contributed by atoms with Gasteiger partial charge in [-0.25, -0.2) is 0 Å². The average molecular weight is 249 g/mol. The fourth-order valence-electron chi connectivity index (χ4n) is 2.79. The van der Waals surface area contributed by atoms with Gasteiger partial charge in [-0.15, -0.1) is 0 Å². The lowest BCUT2D eigenvalue weighted by Gasteiger charge is -2.20. The molecule has 0 spiro atoms. The van der Waals surface area contributed by atoms with Crippen LogP contribution in [0.1, 0.15) is 22.2 Å². The molecule has 0 bridgehead atoms. The van der Waals surface area contributed by atoms with Gasteiger partial charge in [0, 0.05) is 0 Å². The van der Waals surface area contributed by atoms with Crippen LogP contribution < -0.4 is 0 Å². The van der Waals surface area contributed by atoms with E-state index in [0.29, 0.717) is 11.1 Å². The Hall–Kier alpha value is -1.60. The van der Waals surface area contributed by atoms with Crippen LogP contribution in [-0.2, 0) is 0 Å². The van der Waals surface area contributed by atoms with E-state index in [4.69, 9.17) is 0 Å². The maximum absolute atomic E-state index is 2.46. The summed E-state index contributed by atoms with van der Waals surface area (Å²) in [5.41, 5.74) is 4.26. The summed E-state index contributed by atoms with van der Waals surface area (Å²) in [5.74, 6) is 0. The summed E-state index contributed by atoms with van der Waals surface area (Å²) in [4.78, 5) is 0. The van der Waals surface area contributed by atoms with Gasteiger partial charge in [-0.3, -0.25) is 0 Å². The Kier molecular flexibility index (Phi) is 3.16. The van der Waals surface area contributed by atoms with E-state index in [9.17, 15) is 0 Å². The molecule has 0 nitrogen and oxygen atoms in total. The highest BCUT2D eigenvalue weighted by Gasteiger charge is 2.31. The Morgan fingerprint density at radius 2 is 1.06 bits per heavy atom. The van der Waals surface area contributed by atoms with Crippen molar-refractivity contribution in [3.8, 4) is 0 Å². The lowest BCUT2D eigenvalue weighted by molar-refractivity contribution is 1.14. The van der Waals surface area contributed by atoms with Crippen LogP contribution in [0.5, 0.6) is 0 Å². The second kappa shape index (κ2) is 4.95. The molecule has 0 fully saturated rings. The average Bonchev–Trinajstić information content (AvgIpc) is 2.83. The van der Waals surface area contributed by atoms with Crippen LogP contribution in [0.3, 0.4) is 0 Å². The number of hydrogen-bond acceptors (Lipinski definition) is 0. The van der Waals surface area contributed by atoms with Crippen LogP contribution in [0.15, 0.2) is 72.8 Å². The minimum atomic E-state index is -0.450. The summed E-state index contributed by atoms with van der Waals surface area (Å²) in [6.45, 7) is 2.46. The Morgan fingerprint density at radius 3 is 1.44 bits per heavy atom. The molecule has 0 amide bonds. The van der Waals surface area contributed by atoms with E-state index >= 15 is 0 Å². The van der Waals surface area contributed by atoms with Crippen molar-refractivity contribution in [2.24, 2.45) is 0 Å². The van der Waals surface area contributed by atoms with E-state index in [-0.39, 0.29) is 0 Å². The zero-order chi connectivity index (χ0) is 12.4. The fourth-order valence-corrected chi connectivity index (χ4v) is 5.44. The molecule has 0 saturated heterocycles. The van der Waals surface area contributed by atoms with E-state index in [1.165, 1.54) is 11.1 Å². The molecule has 1 heterocycles. The fraction of sp³-hybridized carbons (Fsp3) is 0.176. The van der Waals surface area contributed by atoms with Crippen molar-refractivity contribution in [3.05, 3.63) is 83.9 Å². The van der Waals surface area contributed by atoms with Crippen LogP contribution in [0.4, 0.5) is 0 Å². The second-order valence-electron chi connectivity index (χ2n) is 4.91. The van der Waals surface area contributed by atoms with E-state index in [1.54, 1.807) is 0 Å². The molecule has 2 aromatic rings. The van der Waals surface area contributed by atoms with Crippen molar-refractivity contribution in [1.29, 1.82) is 0 Å². The molecular weight excluding hydrogens is 232 g/mol. The van der Waals surface area contributed by atoms with E-state index in [0.717, 1.165) is 0 Å². The summed E-state index contributed by atoms with van der Waals surface area (Å²) in [7, 11) is -0.450. The molecule has 0 aliphatic carbocycles. The van der Waals surface area contributed by atoms with Crippen molar-refractivity contribution in [2.75, 3.05) is 0 Å². The van der Waals surface area contributed by atoms with Gasteiger partial charge in [0.15, 0.2) is 0 Å². The van der Waals surface area contributed by atoms with Crippen LogP contribution in [0.2, 0.25) is 6.55 Å². The zero-order valence-corrected chi connectivity index (χ0v) is 11.6. The standard InChI is InChI=1S/C17H17Si/c1-18-16(14-8-4-2-5-9-14)12-13-17(18)15-10-6-3-7-11-15/h2-13,16-17H,1H3/t16-,17-/m0/s1. The van der Waals surface area contributed by atoms with Crippen molar-refractivity contribution >= 4 is 8.80 Å². The molecule has 1 radical (unpaired) electrons. The predicted molar refractivity (Wildman–Crippen MR) is 79.1 cm³/mol. The van der Waals surface area contributed by atoms with Gasteiger partial charge in [0.25, 0.3) is 0 Å². The molecule has 2 atom stereocenters. The minimum absolute atomic E-state index is 0.450. The lowest BCUT2D eigenvalue weighted by atomic mass is 10.1. The van der Waals surface area contributed by atoms with Crippen LogP contribution in [-0.4, -0.2) is 8.80 Å². The molecule has 18 heavy (non-hydrogen) atoms. The molecular formula is C17H17Si. The van der Waals surface area contributed by atoms with E-state index in [1.807, 2.05) is 0 Å². The maximum Gasteiger partial charge on any atom is 0.0710 e. The summed E-state index contributed by atoms with van der Waals surface area (Å²) < 4.78 is 0. The first kappa shape index (κ1) is 11.5. The highest BCUT2D eigenvalue weighted by molar-refractivity contribution is 6.63. The van der Waals surface area contributed by atoms with Gasteiger partial charge in [-0.1, -0.05) is 79.4 Å². The summed E-state index contributed by atoms with van der Waals surface area (Å²) in [6, 6.07) is 21.8. The Bertz CT molecular complexity index is 481. The lowest BCUT2D eigenvalue weighted by Crippen LogP contribution is -2.21. The highest BCUT2D eigenvalue weighted by Crippen LogP contribution is 2.36. The molecule has 0 unspecified atom stereocenters. The summed E-state index contributed by atoms with van der Waals surface area (Å²) in [6.07, 6.45) is 4.84. The van der Waals surface area contributed by atoms with E-state index in [2.05, 4.69) is 79.4 Å². The molecule has 1 aliphatic rings. The third kappa shape index (κ3) is 2.06. The van der Waals surface area contributed by atoms with Gasteiger partial charge in [0.05, 0.1) is 8.80 Å². The van der Waals surface area contributed by atoms with Crippen molar-refractivity contribution in [2.45, 2.75) is 17.6 Å². The van der Waals surface area contributed by atoms with Crippen LogP contribution in [0, 0.1) is 0 Å². The van der Waals surface area contributed by atoms with Gasteiger partial charge in [0.2, 0.25) is 0 Å². The molecule has 3 rings (SSSR count). The Balaban J connectivity index is 1.86. The molecule has 1 aliphatic heterocycles. The topological polar surface area (TPSA) is 0 Å². The normalized spacial score (nSPS) is 23.4. The van der Waals surface area contributed by atoms with Crippen molar-refractivity contribution < 1.29 is 0 Å².